The van der Waals surface area contributed by atoms with Gasteiger partial charge in [-0.25, -0.2) is 4.79 Å². The second-order valence-corrected chi connectivity index (χ2v) is 5.39. The molecule has 19 heavy (non-hydrogen) atoms. The maximum Gasteiger partial charge on any atom is 0.331 e. The fourth-order valence-electron chi connectivity index (χ4n) is 2.40. The van der Waals surface area contributed by atoms with Gasteiger partial charge in [0.15, 0.2) is 0 Å². The molecule has 4 nitrogen and oxygen atoms in total. The van der Waals surface area contributed by atoms with E-state index in [9.17, 15) is 4.79 Å². The second-order valence-electron chi connectivity index (χ2n) is 4.98. The Morgan fingerprint density at radius 2 is 2.00 bits per heavy atom. The van der Waals surface area contributed by atoms with Crippen LogP contribution < -0.4 is 5.32 Å². The fourth-order valence-corrected chi connectivity index (χ4v) is 2.58. The van der Waals surface area contributed by atoms with Crippen molar-refractivity contribution in [3.8, 4) is 0 Å². The largest absolute Gasteiger partial charge is 0.467 e. The number of piperidine rings is 1. The number of ether oxygens (including phenoxy) is 1. The summed E-state index contributed by atoms with van der Waals surface area (Å²) in [6.45, 7) is 1.71. The maximum absolute atomic E-state index is 12.2. The number of carbonyl (C=O) groups is 1. The highest BCUT2D eigenvalue weighted by Gasteiger charge is 2.42. The van der Waals surface area contributed by atoms with Crippen molar-refractivity contribution in [1.82, 2.24) is 4.90 Å². The number of hydrogen-bond donors (Lipinski definition) is 1. The van der Waals surface area contributed by atoms with Gasteiger partial charge in [0.2, 0.25) is 0 Å². The first-order valence-corrected chi connectivity index (χ1v) is 6.75. The smallest absolute Gasteiger partial charge is 0.331 e. The number of halogens is 1. The Morgan fingerprint density at radius 1 is 1.37 bits per heavy atom. The van der Waals surface area contributed by atoms with Crippen LogP contribution in [0.15, 0.2) is 24.3 Å². The van der Waals surface area contributed by atoms with Crippen LogP contribution in [-0.2, 0) is 9.53 Å². The Labute approximate surface area is 118 Å². The molecule has 1 N–H and O–H groups in total. The number of hydrogen-bond acceptors (Lipinski definition) is 4. The molecule has 0 radical (unpaired) electrons. The number of likely N-dealkylation sites (tertiary alicyclic amines) is 1. The van der Waals surface area contributed by atoms with Gasteiger partial charge in [-0.2, -0.15) is 0 Å². The highest BCUT2D eigenvalue weighted by atomic mass is 35.5. The predicted molar refractivity (Wildman–Crippen MR) is 76.6 cm³/mol. The molecule has 2 rings (SSSR count). The van der Waals surface area contributed by atoms with Crippen LogP contribution in [-0.4, -0.2) is 43.7 Å². The summed E-state index contributed by atoms with van der Waals surface area (Å²) in [5, 5.41) is 3.92. The summed E-state index contributed by atoms with van der Waals surface area (Å²) in [4.78, 5) is 14.4. The van der Waals surface area contributed by atoms with E-state index in [0.717, 1.165) is 18.8 Å². The number of nitrogens with one attached hydrogen (secondary N) is 1. The zero-order valence-electron chi connectivity index (χ0n) is 11.3. The van der Waals surface area contributed by atoms with Gasteiger partial charge in [0, 0.05) is 13.1 Å². The van der Waals surface area contributed by atoms with Crippen molar-refractivity contribution in [2.24, 2.45) is 0 Å². The Bertz CT molecular complexity index is 457. The first-order chi connectivity index (χ1) is 9.07. The summed E-state index contributed by atoms with van der Waals surface area (Å²) in [6.07, 6.45) is 1.42. The van der Waals surface area contributed by atoms with E-state index in [2.05, 4.69) is 17.3 Å². The molecule has 0 aromatic heterocycles. The number of anilines is 1. The van der Waals surface area contributed by atoms with Gasteiger partial charge in [-0.3, -0.25) is 0 Å². The minimum atomic E-state index is -0.674. The molecular weight excluding hydrogens is 264 g/mol. The van der Waals surface area contributed by atoms with Gasteiger partial charge in [-0.1, -0.05) is 23.7 Å². The van der Waals surface area contributed by atoms with Crippen molar-refractivity contribution in [1.29, 1.82) is 0 Å². The molecule has 1 fully saturated rings. The predicted octanol–water partition coefficient (Wildman–Crippen LogP) is 2.39. The molecule has 0 amide bonds. The van der Waals surface area contributed by atoms with Gasteiger partial charge in [-0.15, -0.1) is 0 Å². The van der Waals surface area contributed by atoms with E-state index in [4.69, 9.17) is 16.3 Å². The number of benzene rings is 1. The van der Waals surface area contributed by atoms with Crippen LogP contribution in [0, 0.1) is 0 Å². The van der Waals surface area contributed by atoms with E-state index in [1.165, 1.54) is 7.11 Å². The molecule has 0 saturated carbocycles. The van der Waals surface area contributed by atoms with E-state index in [-0.39, 0.29) is 5.97 Å². The quantitative estimate of drug-likeness (QED) is 0.865. The van der Waals surface area contributed by atoms with Gasteiger partial charge < -0.3 is 15.0 Å². The molecule has 0 atom stereocenters. The van der Waals surface area contributed by atoms with Crippen LogP contribution in [0.1, 0.15) is 12.8 Å². The third-order valence-electron chi connectivity index (χ3n) is 3.66. The van der Waals surface area contributed by atoms with Crippen molar-refractivity contribution in [2.45, 2.75) is 18.4 Å². The van der Waals surface area contributed by atoms with E-state index in [1.54, 1.807) is 0 Å². The van der Waals surface area contributed by atoms with Gasteiger partial charge in [0.1, 0.15) is 5.54 Å². The van der Waals surface area contributed by atoms with Crippen LogP contribution in [0.2, 0.25) is 5.02 Å². The number of para-hydroxylation sites is 1. The molecule has 0 bridgehead atoms. The minimum absolute atomic E-state index is 0.222. The van der Waals surface area contributed by atoms with Crippen LogP contribution in [0.25, 0.3) is 0 Å². The van der Waals surface area contributed by atoms with Crippen LogP contribution in [0.4, 0.5) is 5.69 Å². The topological polar surface area (TPSA) is 41.6 Å². The molecule has 1 heterocycles. The second kappa shape index (κ2) is 5.80. The molecule has 1 aromatic carbocycles. The summed E-state index contributed by atoms with van der Waals surface area (Å²) < 4.78 is 4.98. The first kappa shape index (κ1) is 14.2. The van der Waals surface area contributed by atoms with Gasteiger partial charge >= 0.3 is 5.97 Å². The van der Waals surface area contributed by atoms with Crippen molar-refractivity contribution >= 4 is 23.3 Å². The Kier molecular flexibility index (Phi) is 4.32. The van der Waals surface area contributed by atoms with Gasteiger partial charge in [0.05, 0.1) is 17.8 Å². The monoisotopic (exact) mass is 282 g/mol. The Balaban J connectivity index is 2.24. The third-order valence-corrected chi connectivity index (χ3v) is 3.99. The SMILES string of the molecule is COC(=O)C1(Nc2ccccc2Cl)CCN(C)CC1. The summed E-state index contributed by atoms with van der Waals surface area (Å²) in [7, 11) is 3.48. The molecule has 5 heteroatoms. The number of carbonyl (C=O) groups excluding carboxylic acids is 1. The van der Waals surface area contributed by atoms with Crippen molar-refractivity contribution in [2.75, 3.05) is 32.6 Å². The maximum atomic E-state index is 12.2. The Morgan fingerprint density at radius 3 is 2.58 bits per heavy atom. The zero-order valence-corrected chi connectivity index (χ0v) is 12.0. The lowest BCUT2D eigenvalue weighted by Crippen LogP contribution is -2.54. The van der Waals surface area contributed by atoms with Gasteiger partial charge in [0.25, 0.3) is 0 Å². The average Bonchev–Trinajstić information content (AvgIpc) is 2.43. The molecule has 1 saturated heterocycles. The van der Waals surface area contributed by atoms with Crippen LogP contribution >= 0.6 is 11.6 Å². The molecule has 0 spiro atoms. The highest BCUT2D eigenvalue weighted by Crippen LogP contribution is 2.31. The average molecular weight is 283 g/mol. The summed E-state index contributed by atoms with van der Waals surface area (Å²) in [6, 6.07) is 7.45. The molecule has 1 aromatic rings. The number of methoxy groups -OCH3 is 1. The molecule has 0 unspecified atom stereocenters. The van der Waals surface area contributed by atoms with Crippen LogP contribution in [0.3, 0.4) is 0 Å². The number of rotatable bonds is 3. The number of esters is 1. The third kappa shape index (κ3) is 3.01. The van der Waals surface area contributed by atoms with Gasteiger partial charge in [-0.05, 0) is 32.0 Å². The van der Waals surface area contributed by atoms with E-state index in [0.29, 0.717) is 17.9 Å². The molecule has 1 aliphatic heterocycles. The summed E-state index contributed by atoms with van der Waals surface area (Å²) in [5.74, 6) is -0.222. The molecule has 1 aliphatic rings. The van der Waals surface area contributed by atoms with Crippen molar-refractivity contribution < 1.29 is 9.53 Å². The highest BCUT2D eigenvalue weighted by molar-refractivity contribution is 6.33. The lowest BCUT2D eigenvalue weighted by atomic mass is 9.87. The lowest BCUT2D eigenvalue weighted by molar-refractivity contribution is -0.147. The van der Waals surface area contributed by atoms with E-state index < -0.39 is 5.54 Å². The standard InChI is InChI=1S/C14H19ClN2O2/c1-17-9-7-14(8-10-17,13(18)19-2)16-12-6-4-3-5-11(12)15/h3-6,16H,7-10H2,1-2H3. The lowest BCUT2D eigenvalue weighted by Gasteiger charge is -2.39. The molecule has 0 aliphatic carbocycles. The minimum Gasteiger partial charge on any atom is -0.467 e. The Hall–Kier alpha value is -1.26. The first-order valence-electron chi connectivity index (χ1n) is 6.37. The number of nitrogens with zero attached hydrogens (tertiary/aromatic N) is 1. The normalized spacial score (nSPS) is 18.9. The van der Waals surface area contributed by atoms with E-state index in [1.807, 2.05) is 24.3 Å². The zero-order chi connectivity index (χ0) is 13.9. The molecular formula is C14H19ClN2O2. The molecule has 104 valence electrons. The van der Waals surface area contributed by atoms with Crippen molar-refractivity contribution in [3.63, 3.8) is 0 Å². The fraction of sp³-hybridized carbons (Fsp3) is 0.500. The summed E-state index contributed by atoms with van der Waals surface area (Å²) in [5.41, 5.74) is 0.103. The van der Waals surface area contributed by atoms with Crippen molar-refractivity contribution in [3.05, 3.63) is 29.3 Å². The van der Waals surface area contributed by atoms with Crippen LogP contribution in [0.5, 0.6) is 0 Å². The van der Waals surface area contributed by atoms with E-state index >= 15 is 0 Å². The summed E-state index contributed by atoms with van der Waals surface area (Å²) >= 11 is 6.16.